The molecule has 0 saturated heterocycles. The van der Waals surface area contributed by atoms with E-state index in [2.05, 4.69) is 19.9 Å². The van der Waals surface area contributed by atoms with Gasteiger partial charge >= 0.3 is 0 Å². The van der Waals surface area contributed by atoms with E-state index in [4.69, 9.17) is 11.6 Å². The molecule has 80 valence electrons. The molecule has 0 amide bonds. The first-order valence-electron chi connectivity index (χ1n) is 4.83. The molecule has 1 aliphatic rings. The minimum Gasteiger partial charge on any atom is -0.330 e. The van der Waals surface area contributed by atoms with Gasteiger partial charge in [0.25, 0.3) is 0 Å². The summed E-state index contributed by atoms with van der Waals surface area (Å²) in [6, 6.07) is 0. The van der Waals surface area contributed by atoms with Crippen molar-refractivity contribution in [3.05, 3.63) is 41.2 Å². The molecule has 5 nitrogen and oxygen atoms in total. The zero-order valence-corrected chi connectivity index (χ0v) is 9.09. The van der Waals surface area contributed by atoms with Gasteiger partial charge in [-0.05, 0) is 0 Å². The highest BCUT2D eigenvalue weighted by molar-refractivity contribution is 6.30. The van der Waals surface area contributed by atoms with Crippen LogP contribution in [0.5, 0.6) is 0 Å². The fourth-order valence-electron chi connectivity index (χ4n) is 1.71. The molecule has 0 N–H and O–H groups in total. The van der Waals surface area contributed by atoms with Gasteiger partial charge in [-0.1, -0.05) is 11.6 Å². The van der Waals surface area contributed by atoms with Crippen molar-refractivity contribution in [2.24, 2.45) is 0 Å². The van der Waals surface area contributed by atoms with Crippen molar-refractivity contribution in [1.29, 1.82) is 0 Å². The van der Waals surface area contributed by atoms with Gasteiger partial charge in [-0.2, -0.15) is 0 Å². The lowest BCUT2D eigenvalue weighted by molar-refractivity contribution is 0.821. The van der Waals surface area contributed by atoms with Crippen molar-refractivity contribution < 1.29 is 0 Å². The van der Waals surface area contributed by atoms with Crippen LogP contribution in [0.15, 0.2) is 24.9 Å². The molecule has 0 spiro atoms. The van der Waals surface area contributed by atoms with Crippen molar-refractivity contribution in [1.82, 2.24) is 19.9 Å². The first-order chi connectivity index (χ1) is 7.83. The van der Waals surface area contributed by atoms with Gasteiger partial charge in [0, 0.05) is 18.3 Å². The maximum atomic E-state index is 5.74. The van der Waals surface area contributed by atoms with Gasteiger partial charge in [-0.15, -0.1) is 0 Å². The second kappa shape index (κ2) is 3.68. The van der Waals surface area contributed by atoms with Gasteiger partial charge in [0.15, 0.2) is 0 Å². The number of aromatic nitrogens is 4. The molecule has 2 aromatic rings. The minimum absolute atomic E-state index is 0.542. The van der Waals surface area contributed by atoms with Crippen LogP contribution >= 0.6 is 11.6 Å². The van der Waals surface area contributed by atoms with Crippen LogP contribution < -0.4 is 4.90 Å². The number of halogens is 1. The van der Waals surface area contributed by atoms with E-state index < -0.39 is 0 Å². The zero-order valence-electron chi connectivity index (χ0n) is 8.34. The van der Waals surface area contributed by atoms with Crippen molar-refractivity contribution in [3.63, 3.8) is 0 Å². The summed E-state index contributed by atoms with van der Waals surface area (Å²) in [5, 5.41) is 0.542. The highest BCUT2D eigenvalue weighted by Gasteiger charge is 2.21. The van der Waals surface area contributed by atoms with Crippen molar-refractivity contribution in [2.75, 3.05) is 4.90 Å². The first kappa shape index (κ1) is 9.47. The van der Waals surface area contributed by atoms with Gasteiger partial charge in [0.05, 0.1) is 29.7 Å². The third-order valence-corrected chi connectivity index (χ3v) is 2.67. The molecule has 0 bridgehead atoms. The lowest BCUT2D eigenvalue weighted by atomic mass is 10.3. The Balaban J connectivity index is 1.88. The zero-order chi connectivity index (χ0) is 11.0. The predicted molar refractivity (Wildman–Crippen MR) is 59.0 cm³/mol. The summed E-state index contributed by atoms with van der Waals surface area (Å²) >= 11 is 5.74. The summed E-state index contributed by atoms with van der Waals surface area (Å²) < 4.78 is 0. The molecule has 0 aromatic carbocycles. The van der Waals surface area contributed by atoms with Crippen LogP contribution in [0.3, 0.4) is 0 Å². The molecule has 3 rings (SSSR count). The highest BCUT2D eigenvalue weighted by Crippen LogP contribution is 2.23. The number of rotatable bonds is 1. The average molecular weight is 234 g/mol. The van der Waals surface area contributed by atoms with E-state index in [1.165, 1.54) is 0 Å². The summed E-state index contributed by atoms with van der Waals surface area (Å²) in [5.74, 6) is 0.669. The van der Waals surface area contributed by atoms with E-state index in [0.717, 1.165) is 24.3 Å². The first-order valence-corrected chi connectivity index (χ1v) is 5.21. The molecule has 2 aromatic heterocycles. The van der Waals surface area contributed by atoms with Crippen LogP contribution in [0.4, 0.5) is 5.95 Å². The van der Waals surface area contributed by atoms with Gasteiger partial charge < -0.3 is 4.90 Å². The maximum absolute atomic E-state index is 5.74. The van der Waals surface area contributed by atoms with E-state index in [9.17, 15) is 0 Å². The predicted octanol–water partition coefficient (Wildman–Crippen LogP) is 1.44. The van der Waals surface area contributed by atoms with E-state index >= 15 is 0 Å². The quantitative estimate of drug-likeness (QED) is 0.746. The summed E-state index contributed by atoms with van der Waals surface area (Å²) in [5.41, 5.74) is 2.16. The van der Waals surface area contributed by atoms with Crippen LogP contribution in [-0.2, 0) is 13.1 Å². The fourth-order valence-corrected chi connectivity index (χ4v) is 1.81. The maximum Gasteiger partial charge on any atom is 0.226 e. The van der Waals surface area contributed by atoms with Crippen molar-refractivity contribution >= 4 is 17.5 Å². The monoisotopic (exact) mass is 233 g/mol. The largest absolute Gasteiger partial charge is 0.330 e. The lowest BCUT2D eigenvalue weighted by Crippen LogP contribution is -2.17. The smallest absolute Gasteiger partial charge is 0.226 e. The molecule has 0 radical (unpaired) electrons. The van der Waals surface area contributed by atoms with Crippen LogP contribution in [0, 0.1) is 0 Å². The fraction of sp³-hybridized carbons (Fsp3) is 0.200. The van der Waals surface area contributed by atoms with Crippen LogP contribution in [0.1, 0.15) is 11.3 Å². The summed E-state index contributed by atoms with van der Waals surface area (Å²) in [4.78, 5) is 18.6. The normalized spacial score (nSPS) is 13.9. The molecular formula is C10H8ClN5. The Hall–Kier alpha value is -1.75. The number of fused-ring (bicyclic) bond motifs is 1. The van der Waals surface area contributed by atoms with E-state index in [1.807, 2.05) is 11.1 Å². The Morgan fingerprint density at radius 2 is 1.88 bits per heavy atom. The molecule has 0 aliphatic carbocycles. The number of hydrogen-bond acceptors (Lipinski definition) is 5. The molecule has 16 heavy (non-hydrogen) atoms. The third kappa shape index (κ3) is 1.59. The third-order valence-electron chi connectivity index (χ3n) is 2.47. The van der Waals surface area contributed by atoms with E-state index in [-0.39, 0.29) is 0 Å². The molecule has 1 aliphatic heterocycles. The molecule has 6 heteroatoms. The molecule has 0 atom stereocenters. The SMILES string of the molecule is Clc1cnc(N2Cc3cncnc3C2)nc1. The molecule has 3 heterocycles. The Bertz CT molecular complexity index is 488. The van der Waals surface area contributed by atoms with E-state index in [0.29, 0.717) is 11.0 Å². The molecule has 0 fully saturated rings. The summed E-state index contributed by atoms with van der Waals surface area (Å²) in [6.45, 7) is 1.47. The number of hydrogen-bond donors (Lipinski definition) is 0. The standard InChI is InChI=1S/C10H8ClN5/c11-8-2-13-10(14-3-8)16-4-7-1-12-6-15-9(7)5-16/h1-3,6H,4-5H2. The Kier molecular flexibility index (Phi) is 2.18. The van der Waals surface area contributed by atoms with Gasteiger partial charge in [0.2, 0.25) is 5.95 Å². The van der Waals surface area contributed by atoms with Crippen LogP contribution in [0.2, 0.25) is 5.02 Å². The van der Waals surface area contributed by atoms with Crippen LogP contribution in [0.25, 0.3) is 0 Å². The molecular weight excluding hydrogens is 226 g/mol. The van der Waals surface area contributed by atoms with Gasteiger partial charge in [0.1, 0.15) is 6.33 Å². The Morgan fingerprint density at radius 3 is 2.62 bits per heavy atom. The Morgan fingerprint density at radius 1 is 1.06 bits per heavy atom. The number of nitrogens with zero attached hydrogens (tertiary/aromatic N) is 5. The van der Waals surface area contributed by atoms with Crippen molar-refractivity contribution in [3.8, 4) is 0 Å². The van der Waals surface area contributed by atoms with Crippen molar-refractivity contribution in [2.45, 2.75) is 13.1 Å². The second-order valence-corrected chi connectivity index (χ2v) is 3.99. The van der Waals surface area contributed by atoms with Gasteiger partial charge in [-0.3, -0.25) is 0 Å². The average Bonchev–Trinajstić information content (AvgIpc) is 2.73. The molecule has 0 saturated carbocycles. The molecule has 0 unspecified atom stereocenters. The van der Waals surface area contributed by atoms with E-state index in [1.54, 1.807) is 18.7 Å². The minimum atomic E-state index is 0.542. The summed E-state index contributed by atoms with van der Waals surface area (Å²) in [6.07, 6.45) is 6.58. The van der Waals surface area contributed by atoms with Gasteiger partial charge in [-0.25, -0.2) is 19.9 Å². The highest BCUT2D eigenvalue weighted by atomic mass is 35.5. The topological polar surface area (TPSA) is 54.8 Å². The second-order valence-electron chi connectivity index (χ2n) is 3.55. The summed E-state index contributed by atoms with van der Waals surface area (Å²) in [7, 11) is 0. The number of anilines is 1. The lowest BCUT2D eigenvalue weighted by Gasteiger charge is -2.13. The van der Waals surface area contributed by atoms with Crippen LogP contribution in [-0.4, -0.2) is 19.9 Å². The Labute approximate surface area is 97.2 Å².